The number of phenolic OH excluding ortho intramolecular Hbond substituents is 1. The Kier molecular flexibility index (Phi) is 3.38. The third kappa shape index (κ3) is 2.56. The minimum atomic E-state index is -0.567. The molecule has 0 radical (unpaired) electrons. The van der Waals surface area contributed by atoms with Crippen LogP contribution in [0.1, 0.15) is 5.76 Å². The molecule has 0 aliphatic carbocycles. The Labute approximate surface area is 125 Å². The molecular weight excluding hydrogens is 288 g/mol. The third-order valence-corrected chi connectivity index (χ3v) is 3.30. The van der Waals surface area contributed by atoms with Gasteiger partial charge in [0.05, 0.1) is 13.2 Å². The lowest BCUT2D eigenvalue weighted by atomic mass is 10.1. The molecule has 0 saturated carbocycles. The van der Waals surface area contributed by atoms with E-state index in [0.29, 0.717) is 18.1 Å². The van der Waals surface area contributed by atoms with Gasteiger partial charge in [-0.3, -0.25) is 10.1 Å². The van der Waals surface area contributed by atoms with Crippen molar-refractivity contribution < 1.29 is 23.8 Å². The highest BCUT2D eigenvalue weighted by Gasteiger charge is 2.15. The topological polar surface area (TPSA) is 89.6 Å². The van der Waals surface area contributed by atoms with Crippen molar-refractivity contribution in [2.45, 2.75) is 6.54 Å². The Hall–Kier alpha value is -3.09. The largest absolute Gasteiger partial charge is 0.504 e. The van der Waals surface area contributed by atoms with Crippen LogP contribution in [0.25, 0.3) is 10.8 Å². The second-order valence-corrected chi connectivity index (χ2v) is 4.77. The average Bonchev–Trinajstić information content (AvgIpc) is 2.95. The SMILES string of the molecule is COc1cc2c[n+](Cc3ccc([N+](=O)[O-])o3)ccc2cc1O. The third-order valence-electron chi connectivity index (χ3n) is 3.30. The van der Waals surface area contributed by atoms with Gasteiger partial charge in [0.25, 0.3) is 0 Å². The molecule has 0 aliphatic rings. The number of hydrogen-bond acceptors (Lipinski definition) is 5. The van der Waals surface area contributed by atoms with Crippen molar-refractivity contribution in [3.63, 3.8) is 0 Å². The van der Waals surface area contributed by atoms with Crippen LogP contribution in [-0.4, -0.2) is 17.1 Å². The average molecular weight is 301 g/mol. The zero-order chi connectivity index (χ0) is 15.7. The fraction of sp³-hybridized carbons (Fsp3) is 0.133. The van der Waals surface area contributed by atoms with Crippen LogP contribution in [0, 0.1) is 10.1 Å². The number of rotatable bonds is 4. The number of phenols is 1. The molecule has 0 fully saturated rings. The molecule has 7 nitrogen and oxygen atoms in total. The summed E-state index contributed by atoms with van der Waals surface area (Å²) in [5.41, 5.74) is 0. The number of pyridine rings is 1. The van der Waals surface area contributed by atoms with Crippen molar-refractivity contribution in [3.8, 4) is 11.5 Å². The molecule has 0 aliphatic heterocycles. The summed E-state index contributed by atoms with van der Waals surface area (Å²) in [4.78, 5) is 10.0. The van der Waals surface area contributed by atoms with Crippen LogP contribution in [0.2, 0.25) is 0 Å². The van der Waals surface area contributed by atoms with Crippen molar-refractivity contribution in [3.05, 3.63) is 58.6 Å². The zero-order valence-corrected chi connectivity index (χ0v) is 11.7. The maximum absolute atomic E-state index is 10.6. The fourth-order valence-corrected chi connectivity index (χ4v) is 2.25. The zero-order valence-electron chi connectivity index (χ0n) is 11.7. The quantitative estimate of drug-likeness (QED) is 0.454. The summed E-state index contributed by atoms with van der Waals surface area (Å²) in [7, 11) is 1.49. The van der Waals surface area contributed by atoms with Gasteiger partial charge in [0.15, 0.2) is 29.7 Å². The van der Waals surface area contributed by atoms with Crippen LogP contribution >= 0.6 is 0 Å². The van der Waals surface area contributed by atoms with Crippen LogP contribution in [0.5, 0.6) is 11.5 Å². The number of furan rings is 1. The lowest BCUT2D eigenvalue weighted by Gasteiger charge is -2.04. The molecule has 3 aromatic rings. The molecule has 112 valence electrons. The van der Waals surface area contributed by atoms with Crippen LogP contribution in [0.15, 0.2) is 47.1 Å². The summed E-state index contributed by atoms with van der Waals surface area (Å²) >= 11 is 0. The molecule has 0 bridgehead atoms. The van der Waals surface area contributed by atoms with Gasteiger partial charge in [-0.25, -0.2) is 0 Å². The molecule has 1 aromatic carbocycles. The highest BCUT2D eigenvalue weighted by atomic mass is 16.6. The summed E-state index contributed by atoms with van der Waals surface area (Å²) in [5, 5.41) is 22.1. The predicted octanol–water partition coefficient (Wildman–Crippen LogP) is 2.39. The summed E-state index contributed by atoms with van der Waals surface area (Å²) in [6.07, 6.45) is 3.66. The Morgan fingerprint density at radius 1 is 1.32 bits per heavy atom. The monoisotopic (exact) mass is 301 g/mol. The molecule has 0 atom stereocenters. The van der Waals surface area contributed by atoms with Gasteiger partial charge in [0, 0.05) is 11.5 Å². The second kappa shape index (κ2) is 5.36. The number of hydrogen-bond donors (Lipinski definition) is 1. The van der Waals surface area contributed by atoms with E-state index in [2.05, 4.69) is 0 Å². The summed E-state index contributed by atoms with van der Waals surface area (Å²) in [6, 6.07) is 8.10. The first-order valence-electron chi connectivity index (χ1n) is 6.50. The van der Waals surface area contributed by atoms with Crippen LogP contribution < -0.4 is 9.30 Å². The molecular formula is C15H13N2O5+. The van der Waals surface area contributed by atoms with Gasteiger partial charge in [-0.15, -0.1) is 0 Å². The number of aromatic hydroxyl groups is 1. The molecule has 0 amide bonds. The van der Waals surface area contributed by atoms with E-state index in [1.165, 1.54) is 13.2 Å². The van der Waals surface area contributed by atoms with E-state index in [4.69, 9.17) is 9.15 Å². The molecule has 3 rings (SSSR count). The number of fused-ring (bicyclic) bond motifs is 1. The number of nitro groups is 1. The van der Waals surface area contributed by atoms with Crippen molar-refractivity contribution in [2.24, 2.45) is 0 Å². The summed E-state index contributed by atoms with van der Waals surface area (Å²) in [6.45, 7) is 0.368. The minimum absolute atomic E-state index is 0.0782. The number of nitrogens with zero attached hydrogens (tertiary/aromatic N) is 2. The van der Waals surface area contributed by atoms with Gasteiger partial charge in [0.2, 0.25) is 6.54 Å². The van der Waals surface area contributed by atoms with Crippen LogP contribution in [0.4, 0.5) is 5.88 Å². The number of ether oxygens (including phenoxy) is 1. The van der Waals surface area contributed by atoms with Gasteiger partial charge in [-0.1, -0.05) is 0 Å². The second-order valence-electron chi connectivity index (χ2n) is 4.77. The van der Waals surface area contributed by atoms with Gasteiger partial charge < -0.3 is 14.3 Å². The molecule has 0 spiro atoms. The van der Waals surface area contributed by atoms with E-state index >= 15 is 0 Å². The van der Waals surface area contributed by atoms with E-state index in [0.717, 1.165) is 10.8 Å². The fourth-order valence-electron chi connectivity index (χ4n) is 2.25. The van der Waals surface area contributed by atoms with Gasteiger partial charge in [-0.2, -0.15) is 4.57 Å². The molecule has 2 aromatic heterocycles. The van der Waals surface area contributed by atoms with E-state index < -0.39 is 4.92 Å². The number of benzene rings is 1. The maximum Gasteiger partial charge on any atom is 0.433 e. The first-order chi connectivity index (χ1) is 10.6. The van der Waals surface area contributed by atoms with E-state index in [-0.39, 0.29) is 11.6 Å². The van der Waals surface area contributed by atoms with Crippen molar-refractivity contribution in [2.75, 3.05) is 7.11 Å². The number of aromatic nitrogens is 1. The maximum atomic E-state index is 10.6. The van der Waals surface area contributed by atoms with E-state index in [9.17, 15) is 15.2 Å². The molecule has 0 unspecified atom stereocenters. The molecule has 1 N–H and O–H groups in total. The molecule has 2 heterocycles. The van der Waals surface area contributed by atoms with Crippen LogP contribution in [-0.2, 0) is 6.54 Å². The Morgan fingerprint density at radius 2 is 2.14 bits per heavy atom. The van der Waals surface area contributed by atoms with Gasteiger partial charge >= 0.3 is 5.88 Å². The van der Waals surface area contributed by atoms with Gasteiger partial charge in [-0.05, 0) is 23.6 Å². The van der Waals surface area contributed by atoms with E-state index in [1.54, 1.807) is 18.2 Å². The highest BCUT2D eigenvalue weighted by molar-refractivity contribution is 5.84. The van der Waals surface area contributed by atoms with Gasteiger partial charge in [0.1, 0.15) is 4.92 Å². The summed E-state index contributed by atoms with van der Waals surface area (Å²) < 4.78 is 12.1. The van der Waals surface area contributed by atoms with Crippen molar-refractivity contribution in [1.82, 2.24) is 0 Å². The predicted molar refractivity (Wildman–Crippen MR) is 76.8 cm³/mol. The first-order valence-corrected chi connectivity index (χ1v) is 6.50. The van der Waals surface area contributed by atoms with Crippen LogP contribution in [0.3, 0.4) is 0 Å². The molecule has 22 heavy (non-hydrogen) atoms. The Morgan fingerprint density at radius 3 is 2.82 bits per heavy atom. The van der Waals surface area contributed by atoms with Crippen molar-refractivity contribution >= 4 is 16.7 Å². The molecule has 0 saturated heterocycles. The highest BCUT2D eigenvalue weighted by Crippen LogP contribution is 2.30. The van der Waals surface area contributed by atoms with E-state index in [1.807, 2.05) is 23.0 Å². The van der Waals surface area contributed by atoms with Crippen molar-refractivity contribution in [1.29, 1.82) is 0 Å². The minimum Gasteiger partial charge on any atom is -0.504 e. The lowest BCUT2D eigenvalue weighted by molar-refractivity contribution is -0.688. The Bertz CT molecular complexity index is 856. The smallest absolute Gasteiger partial charge is 0.433 e. The number of methoxy groups -OCH3 is 1. The normalized spacial score (nSPS) is 10.8. The standard InChI is InChI=1S/C15H12N2O5/c1-21-14-7-11-8-16(5-4-10(11)6-13(14)18)9-12-2-3-15(22-12)17(19)20/h2-8H,9H2,1H3/p+1. The lowest BCUT2D eigenvalue weighted by Crippen LogP contribution is -2.32. The first kappa shape index (κ1) is 13.9. The molecule has 7 heteroatoms. The summed E-state index contributed by atoms with van der Waals surface area (Å²) in [5.74, 6) is 0.679. The Balaban J connectivity index is 1.93.